The topological polar surface area (TPSA) is 126 Å². The van der Waals surface area contributed by atoms with Crippen molar-refractivity contribution in [3.8, 4) is 16.9 Å². The zero-order valence-corrected chi connectivity index (χ0v) is 20.2. The summed E-state index contributed by atoms with van der Waals surface area (Å²) in [6.07, 6.45) is 0.662. The molecule has 0 saturated heterocycles. The Balaban J connectivity index is 1.62. The van der Waals surface area contributed by atoms with Gasteiger partial charge in [0.25, 0.3) is 0 Å². The van der Waals surface area contributed by atoms with E-state index in [0.717, 1.165) is 16.7 Å². The van der Waals surface area contributed by atoms with Crippen LogP contribution in [0.2, 0.25) is 0 Å². The summed E-state index contributed by atoms with van der Waals surface area (Å²) in [5.41, 5.74) is 3.54. The third-order valence-corrected chi connectivity index (χ3v) is 6.10. The normalized spacial score (nSPS) is 15.7. The monoisotopic (exact) mass is 491 g/mol. The predicted molar refractivity (Wildman–Crippen MR) is 133 cm³/mol. The number of allylic oxidation sites excluding steroid dienone is 1. The van der Waals surface area contributed by atoms with Crippen LogP contribution in [0.3, 0.4) is 0 Å². The maximum absolute atomic E-state index is 13.0. The van der Waals surface area contributed by atoms with Crippen LogP contribution >= 0.6 is 0 Å². The van der Waals surface area contributed by atoms with E-state index in [0.29, 0.717) is 30.0 Å². The van der Waals surface area contributed by atoms with Crippen molar-refractivity contribution in [2.24, 2.45) is 0 Å². The van der Waals surface area contributed by atoms with Gasteiger partial charge in [-0.15, -0.1) is 0 Å². The second-order valence-corrected chi connectivity index (χ2v) is 8.50. The molecule has 0 unspecified atom stereocenters. The van der Waals surface area contributed by atoms with E-state index in [1.54, 1.807) is 13.0 Å². The average molecular weight is 492 g/mol. The van der Waals surface area contributed by atoms with Gasteiger partial charge in [0.15, 0.2) is 11.5 Å². The van der Waals surface area contributed by atoms with E-state index < -0.39 is 18.0 Å². The fourth-order valence-corrected chi connectivity index (χ4v) is 4.37. The van der Waals surface area contributed by atoms with Gasteiger partial charge in [-0.3, -0.25) is 9.59 Å². The summed E-state index contributed by atoms with van der Waals surface area (Å²) in [6.45, 7) is 2.53. The summed E-state index contributed by atoms with van der Waals surface area (Å²) in [6, 6.07) is 13.6. The Bertz CT molecular complexity index is 1240. The van der Waals surface area contributed by atoms with Crippen LogP contribution in [0.15, 0.2) is 71.3 Å². The highest BCUT2D eigenvalue weighted by atomic mass is 16.5. The number of benzene rings is 2. The molecule has 2 amide bonds. The van der Waals surface area contributed by atoms with Crippen molar-refractivity contribution < 1.29 is 29.0 Å². The zero-order valence-electron chi connectivity index (χ0n) is 20.2. The van der Waals surface area contributed by atoms with Crippen molar-refractivity contribution in [1.29, 1.82) is 0 Å². The van der Waals surface area contributed by atoms with Gasteiger partial charge >= 0.3 is 12.0 Å². The second-order valence-electron chi connectivity index (χ2n) is 8.50. The van der Waals surface area contributed by atoms with Crippen LogP contribution in [0, 0.1) is 0 Å². The lowest BCUT2D eigenvalue weighted by Gasteiger charge is -2.22. The summed E-state index contributed by atoms with van der Waals surface area (Å²) in [5.74, 6) is -0.590. The van der Waals surface area contributed by atoms with Crippen molar-refractivity contribution in [2.75, 3.05) is 20.3 Å². The van der Waals surface area contributed by atoms with E-state index >= 15 is 0 Å². The summed E-state index contributed by atoms with van der Waals surface area (Å²) in [5, 5.41) is 18.9. The summed E-state index contributed by atoms with van der Waals surface area (Å²) in [7, 11) is 1.54. The SMILES string of the molecule is CCOC(=O)C[C@H](NC(=O)NC1=C(O)C2=C(CCN2)CC1=O)c1cc(OC)cc(-c2ccccc2)c1. The van der Waals surface area contributed by atoms with Crippen LogP contribution in [0.25, 0.3) is 11.1 Å². The van der Waals surface area contributed by atoms with Crippen LogP contribution in [0.5, 0.6) is 5.75 Å². The van der Waals surface area contributed by atoms with E-state index in [4.69, 9.17) is 9.47 Å². The number of hydrogen-bond acceptors (Lipinski definition) is 7. The number of aliphatic hydroxyl groups excluding tert-OH is 1. The summed E-state index contributed by atoms with van der Waals surface area (Å²) in [4.78, 5) is 38.0. The molecular formula is C27H29N3O6. The molecule has 0 radical (unpaired) electrons. The molecule has 1 heterocycles. The number of ketones is 1. The Kier molecular flexibility index (Phi) is 7.58. The quantitative estimate of drug-likeness (QED) is 0.415. The number of ether oxygens (including phenoxy) is 2. The van der Waals surface area contributed by atoms with Crippen molar-refractivity contribution >= 4 is 17.8 Å². The number of urea groups is 1. The lowest BCUT2D eigenvalue weighted by atomic mass is 9.96. The number of esters is 1. The highest BCUT2D eigenvalue weighted by Gasteiger charge is 2.32. The van der Waals surface area contributed by atoms with E-state index in [2.05, 4.69) is 16.0 Å². The first kappa shape index (κ1) is 24.8. The molecule has 1 atom stereocenters. The first-order valence-corrected chi connectivity index (χ1v) is 11.8. The third kappa shape index (κ3) is 5.51. The van der Waals surface area contributed by atoms with Gasteiger partial charge < -0.3 is 30.5 Å². The number of nitrogens with one attached hydrogen (secondary N) is 3. The van der Waals surface area contributed by atoms with Gasteiger partial charge in [-0.25, -0.2) is 4.79 Å². The molecule has 36 heavy (non-hydrogen) atoms. The van der Waals surface area contributed by atoms with E-state index in [1.165, 1.54) is 7.11 Å². The molecule has 1 aliphatic carbocycles. The average Bonchev–Trinajstić information content (AvgIpc) is 3.35. The van der Waals surface area contributed by atoms with Crippen LogP contribution in [0.4, 0.5) is 4.79 Å². The molecule has 0 fully saturated rings. The number of carbonyl (C=O) groups is 3. The Morgan fingerprint density at radius 2 is 1.92 bits per heavy atom. The standard InChI is InChI=1S/C27H29N3O6/c1-3-36-23(32)15-21(19-11-18(12-20(13-19)35-2)16-7-5-4-6-8-16)29-27(34)30-25-22(31)14-17-9-10-28-24(17)26(25)33/h4-8,11-13,21,28,33H,3,9-10,14-15H2,1-2H3,(H2,29,30,34)/t21-/m0/s1. The number of amides is 2. The minimum atomic E-state index is -0.789. The van der Waals surface area contributed by atoms with Gasteiger partial charge in [0.05, 0.1) is 31.9 Å². The molecule has 9 nitrogen and oxygen atoms in total. The highest BCUT2D eigenvalue weighted by molar-refractivity contribution is 6.02. The Morgan fingerprint density at radius 1 is 1.14 bits per heavy atom. The summed E-state index contributed by atoms with van der Waals surface area (Å²) < 4.78 is 10.6. The van der Waals surface area contributed by atoms with Crippen LogP contribution in [0.1, 0.15) is 37.8 Å². The number of rotatable bonds is 8. The minimum absolute atomic E-state index is 0.130. The number of Topliss-reactive ketones (excluding diaryl/α,β-unsaturated/α-hetero) is 1. The maximum Gasteiger partial charge on any atom is 0.319 e. The Hall–Kier alpha value is -4.27. The second kappa shape index (κ2) is 11.0. The molecule has 2 aliphatic rings. The highest BCUT2D eigenvalue weighted by Crippen LogP contribution is 2.31. The lowest BCUT2D eigenvalue weighted by Crippen LogP contribution is -2.41. The molecule has 2 aromatic carbocycles. The molecule has 0 bridgehead atoms. The largest absolute Gasteiger partial charge is 0.504 e. The van der Waals surface area contributed by atoms with Crippen molar-refractivity contribution in [1.82, 2.24) is 16.0 Å². The molecule has 4 N–H and O–H groups in total. The van der Waals surface area contributed by atoms with Crippen molar-refractivity contribution in [3.63, 3.8) is 0 Å². The first-order valence-electron chi connectivity index (χ1n) is 11.8. The third-order valence-electron chi connectivity index (χ3n) is 6.10. The molecule has 0 saturated carbocycles. The van der Waals surface area contributed by atoms with Gasteiger partial charge in [0.2, 0.25) is 0 Å². The van der Waals surface area contributed by atoms with E-state index in [-0.39, 0.29) is 36.7 Å². The molecule has 1 aliphatic heterocycles. The van der Waals surface area contributed by atoms with Gasteiger partial charge in [-0.2, -0.15) is 0 Å². The van der Waals surface area contributed by atoms with E-state index in [9.17, 15) is 19.5 Å². The molecule has 2 aromatic rings. The van der Waals surface area contributed by atoms with Gasteiger partial charge in [-0.1, -0.05) is 30.3 Å². The van der Waals surface area contributed by atoms with E-state index in [1.807, 2.05) is 42.5 Å². The first-order chi connectivity index (χ1) is 17.4. The maximum atomic E-state index is 13.0. The molecule has 0 aromatic heterocycles. The number of carbonyl (C=O) groups excluding carboxylic acids is 3. The Morgan fingerprint density at radius 3 is 2.64 bits per heavy atom. The molecular weight excluding hydrogens is 462 g/mol. The van der Waals surface area contributed by atoms with Crippen molar-refractivity contribution in [2.45, 2.75) is 32.2 Å². The smallest absolute Gasteiger partial charge is 0.319 e. The van der Waals surface area contributed by atoms with Gasteiger partial charge in [0, 0.05) is 13.0 Å². The van der Waals surface area contributed by atoms with Gasteiger partial charge in [-0.05, 0) is 53.8 Å². The molecule has 4 rings (SSSR count). The Labute approximate surface area is 209 Å². The van der Waals surface area contributed by atoms with Crippen molar-refractivity contribution in [3.05, 3.63) is 76.8 Å². The van der Waals surface area contributed by atoms with Crippen LogP contribution in [-0.2, 0) is 14.3 Å². The lowest BCUT2D eigenvalue weighted by molar-refractivity contribution is -0.143. The number of methoxy groups -OCH3 is 1. The molecule has 0 spiro atoms. The fraction of sp³-hybridized carbons (Fsp3) is 0.296. The zero-order chi connectivity index (χ0) is 25.7. The number of hydrogen-bond donors (Lipinski definition) is 4. The fourth-order valence-electron chi connectivity index (χ4n) is 4.37. The van der Waals surface area contributed by atoms with Crippen LogP contribution in [-0.4, -0.2) is 43.2 Å². The molecule has 188 valence electrons. The van der Waals surface area contributed by atoms with Crippen LogP contribution < -0.4 is 20.7 Å². The minimum Gasteiger partial charge on any atom is -0.504 e. The summed E-state index contributed by atoms with van der Waals surface area (Å²) >= 11 is 0. The predicted octanol–water partition coefficient (Wildman–Crippen LogP) is 3.65. The number of aliphatic hydroxyl groups is 1. The molecule has 9 heteroatoms. The van der Waals surface area contributed by atoms with Gasteiger partial charge in [0.1, 0.15) is 11.4 Å².